The van der Waals surface area contributed by atoms with Crippen molar-refractivity contribution in [2.24, 2.45) is 0 Å². The van der Waals surface area contributed by atoms with E-state index in [0.717, 1.165) is 23.2 Å². The second-order valence-corrected chi connectivity index (χ2v) is 7.16. The molecule has 5 nitrogen and oxygen atoms in total. The van der Waals surface area contributed by atoms with Crippen molar-refractivity contribution in [3.8, 4) is 0 Å². The summed E-state index contributed by atoms with van der Waals surface area (Å²) in [6.07, 6.45) is 4.99. The number of benzene rings is 1. The molecule has 0 unspecified atom stereocenters. The van der Waals surface area contributed by atoms with Crippen LogP contribution in [0.4, 0.5) is 0 Å². The van der Waals surface area contributed by atoms with Crippen LogP contribution in [-0.2, 0) is 0 Å². The van der Waals surface area contributed by atoms with Crippen LogP contribution in [-0.4, -0.2) is 39.6 Å². The van der Waals surface area contributed by atoms with Crippen molar-refractivity contribution < 1.29 is 9.59 Å². The maximum Gasteiger partial charge on any atom is 0.270 e. The van der Waals surface area contributed by atoms with Gasteiger partial charge in [0.1, 0.15) is 5.69 Å². The molecule has 0 aliphatic carbocycles. The number of carbonyl (C=O) groups is 2. The van der Waals surface area contributed by atoms with Gasteiger partial charge in [-0.15, -0.1) is 0 Å². The molecule has 0 bridgehead atoms. The van der Waals surface area contributed by atoms with E-state index < -0.39 is 0 Å². The van der Waals surface area contributed by atoms with Gasteiger partial charge in [0.15, 0.2) is 5.78 Å². The fraction of sp³-hybridized carbons (Fsp3) is 0.273. The number of nitrogens with one attached hydrogen (secondary N) is 2. The summed E-state index contributed by atoms with van der Waals surface area (Å²) in [6, 6.07) is 8.25. The van der Waals surface area contributed by atoms with E-state index in [-0.39, 0.29) is 11.7 Å². The standard InChI is InChI=1S/C22H23N3O2/c1-13-20(15(3)26)14(2)24-21(13)22(27)25-10-8-16(9-11-25)18-12-23-19-7-5-4-6-17(18)19/h4-8,12,23-24H,9-11H2,1-3H3. The van der Waals surface area contributed by atoms with Crippen LogP contribution in [0.1, 0.15) is 51.0 Å². The number of para-hydroxylation sites is 1. The van der Waals surface area contributed by atoms with Crippen molar-refractivity contribution in [1.82, 2.24) is 14.9 Å². The van der Waals surface area contributed by atoms with Gasteiger partial charge in [-0.2, -0.15) is 0 Å². The molecule has 0 fully saturated rings. The van der Waals surface area contributed by atoms with Crippen molar-refractivity contribution in [2.45, 2.75) is 27.2 Å². The third-order valence-electron chi connectivity index (χ3n) is 5.43. The maximum absolute atomic E-state index is 13.0. The number of aromatic nitrogens is 2. The van der Waals surface area contributed by atoms with Gasteiger partial charge in [-0.1, -0.05) is 24.3 Å². The third kappa shape index (κ3) is 2.89. The molecular formula is C22H23N3O2. The smallest absolute Gasteiger partial charge is 0.270 e. The van der Waals surface area contributed by atoms with E-state index in [2.05, 4.69) is 28.2 Å². The Balaban J connectivity index is 1.58. The molecule has 0 radical (unpaired) electrons. The van der Waals surface area contributed by atoms with E-state index in [4.69, 9.17) is 0 Å². The predicted octanol–water partition coefficient (Wildman–Crippen LogP) is 4.24. The quantitative estimate of drug-likeness (QED) is 0.685. The van der Waals surface area contributed by atoms with E-state index in [0.29, 0.717) is 24.3 Å². The molecule has 3 heterocycles. The molecule has 0 atom stereocenters. The highest BCUT2D eigenvalue weighted by Gasteiger charge is 2.25. The summed E-state index contributed by atoms with van der Waals surface area (Å²) in [5, 5.41) is 1.21. The average molecular weight is 361 g/mol. The van der Waals surface area contributed by atoms with Crippen LogP contribution >= 0.6 is 0 Å². The highest BCUT2D eigenvalue weighted by Crippen LogP contribution is 2.30. The number of fused-ring (bicyclic) bond motifs is 1. The Labute approximate surface area is 158 Å². The Morgan fingerprint density at radius 3 is 2.59 bits per heavy atom. The number of rotatable bonds is 3. The molecule has 0 spiro atoms. The van der Waals surface area contributed by atoms with E-state index in [1.54, 1.807) is 0 Å². The van der Waals surface area contributed by atoms with E-state index in [9.17, 15) is 9.59 Å². The van der Waals surface area contributed by atoms with Crippen molar-refractivity contribution in [3.63, 3.8) is 0 Å². The molecule has 27 heavy (non-hydrogen) atoms. The topological polar surface area (TPSA) is 69.0 Å². The number of amides is 1. The first kappa shape index (κ1) is 17.3. The van der Waals surface area contributed by atoms with E-state index >= 15 is 0 Å². The molecule has 1 aromatic carbocycles. The molecule has 4 rings (SSSR count). The summed E-state index contributed by atoms with van der Waals surface area (Å²) >= 11 is 0. The lowest BCUT2D eigenvalue weighted by Crippen LogP contribution is -2.35. The lowest BCUT2D eigenvalue weighted by molar-refractivity contribution is 0.0767. The summed E-state index contributed by atoms with van der Waals surface area (Å²) in [4.78, 5) is 33.0. The number of aromatic amines is 2. The van der Waals surface area contributed by atoms with Crippen LogP contribution < -0.4 is 0 Å². The minimum absolute atomic E-state index is 0.0135. The van der Waals surface area contributed by atoms with Crippen molar-refractivity contribution in [2.75, 3.05) is 13.1 Å². The fourth-order valence-electron chi connectivity index (χ4n) is 4.09. The lowest BCUT2D eigenvalue weighted by atomic mass is 9.98. The Kier molecular flexibility index (Phi) is 4.22. The molecule has 2 N–H and O–H groups in total. The predicted molar refractivity (Wildman–Crippen MR) is 107 cm³/mol. The summed E-state index contributed by atoms with van der Waals surface area (Å²) in [6.45, 7) is 6.45. The number of carbonyl (C=O) groups excluding carboxylic acids is 2. The Morgan fingerprint density at radius 1 is 1.15 bits per heavy atom. The normalized spacial score (nSPS) is 14.5. The number of ketones is 1. The highest BCUT2D eigenvalue weighted by molar-refractivity contribution is 6.03. The second kappa shape index (κ2) is 6.58. The van der Waals surface area contributed by atoms with Crippen LogP contribution in [0.2, 0.25) is 0 Å². The minimum atomic E-state index is -0.0441. The lowest BCUT2D eigenvalue weighted by Gasteiger charge is -2.26. The van der Waals surface area contributed by atoms with Gasteiger partial charge in [0.25, 0.3) is 5.91 Å². The molecule has 3 aromatic rings. The van der Waals surface area contributed by atoms with Crippen LogP contribution in [0.15, 0.2) is 36.5 Å². The van der Waals surface area contributed by atoms with Crippen LogP contribution in [0.3, 0.4) is 0 Å². The van der Waals surface area contributed by atoms with Gasteiger partial charge in [0, 0.05) is 47.0 Å². The molecule has 0 saturated carbocycles. The number of hydrogen-bond donors (Lipinski definition) is 2. The SMILES string of the molecule is CC(=O)c1c(C)[nH]c(C(=O)N2CC=C(c3c[nH]c4ccccc34)CC2)c1C. The zero-order valence-electron chi connectivity index (χ0n) is 15.8. The molecular weight excluding hydrogens is 338 g/mol. The van der Waals surface area contributed by atoms with Crippen LogP contribution in [0.5, 0.6) is 0 Å². The molecule has 1 aliphatic heterocycles. The van der Waals surface area contributed by atoms with Gasteiger partial charge in [-0.05, 0) is 44.4 Å². The third-order valence-corrected chi connectivity index (χ3v) is 5.43. The van der Waals surface area contributed by atoms with Crippen molar-refractivity contribution in [3.05, 3.63) is 64.6 Å². The van der Waals surface area contributed by atoms with Crippen LogP contribution in [0.25, 0.3) is 16.5 Å². The van der Waals surface area contributed by atoms with Gasteiger partial charge in [0.05, 0.1) is 0 Å². The Hall–Kier alpha value is -3.08. The summed E-state index contributed by atoms with van der Waals surface area (Å²) in [7, 11) is 0. The summed E-state index contributed by atoms with van der Waals surface area (Å²) in [5.41, 5.74) is 6.27. The molecule has 5 heteroatoms. The molecule has 138 valence electrons. The second-order valence-electron chi connectivity index (χ2n) is 7.16. The molecule has 0 saturated heterocycles. The van der Waals surface area contributed by atoms with Gasteiger partial charge < -0.3 is 14.9 Å². The van der Waals surface area contributed by atoms with Gasteiger partial charge >= 0.3 is 0 Å². The fourth-order valence-corrected chi connectivity index (χ4v) is 4.09. The summed E-state index contributed by atoms with van der Waals surface area (Å²) in [5.74, 6) is -0.0576. The maximum atomic E-state index is 13.0. The monoisotopic (exact) mass is 361 g/mol. The van der Waals surface area contributed by atoms with Crippen molar-refractivity contribution in [1.29, 1.82) is 0 Å². The van der Waals surface area contributed by atoms with Crippen LogP contribution in [0, 0.1) is 13.8 Å². The van der Waals surface area contributed by atoms with Crippen molar-refractivity contribution >= 4 is 28.2 Å². The number of hydrogen-bond acceptors (Lipinski definition) is 2. The largest absolute Gasteiger partial charge is 0.361 e. The van der Waals surface area contributed by atoms with E-state index in [1.165, 1.54) is 23.4 Å². The van der Waals surface area contributed by atoms with E-state index in [1.807, 2.05) is 37.1 Å². The Bertz CT molecular complexity index is 1080. The number of H-pyrrole nitrogens is 2. The number of aryl methyl sites for hydroxylation is 1. The molecule has 2 aromatic heterocycles. The Morgan fingerprint density at radius 2 is 1.93 bits per heavy atom. The van der Waals surface area contributed by atoms with Gasteiger partial charge in [-0.3, -0.25) is 9.59 Å². The number of Topliss-reactive ketones (excluding diaryl/α,β-unsaturated/α-hetero) is 1. The molecule has 1 amide bonds. The first-order chi connectivity index (χ1) is 13.0. The minimum Gasteiger partial charge on any atom is -0.361 e. The molecule has 1 aliphatic rings. The summed E-state index contributed by atoms with van der Waals surface area (Å²) < 4.78 is 0. The first-order valence-corrected chi connectivity index (χ1v) is 9.22. The zero-order valence-corrected chi connectivity index (χ0v) is 15.8. The zero-order chi connectivity index (χ0) is 19.1. The highest BCUT2D eigenvalue weighted by atomic mass is 16.2. The van der Waals surface area contributed by atoms with Gasteiger partial charge in [0.2, 0.25) is 0 Å². The number of nitrogens with zero attached hydrogens (tertiary/aromatic N) is 1. The first-order valence-electron chi connectivity index (χ1n) is 9.22. The average Bonchev–Trinajstić information content (AvgIpc) is 3.22. The van der Waals surface area contributed by atoms with Gasteiger partial charge in [-0.25, -0.2) is 0 Å².